The number of benzene rings is 3. The van der Waals surface area contributed by atoms with Crippen molar-refractivity contribution in [2.45, 2.75) is 19.4 Å². The fraction of sp³-hybridized carbons (Fsp3) is 0.222. The summed E-state index contributed by atoms with van der Waals surface area (Å²) in [5.74, 6) is 1.60. The number of ether oxygens (including phenoxy) is 2. The van der Waals surface area contributed by atoms with E-state index in [4.69, 9.17) is 9.47 Å². The second kappa shape index (κ2) is 8.08. The van der Waals surface area contributed by atoms with Crippen molar-refractivity contribution in [3.63, 3.8) is 0 Å². The molecule has 32 heavy (non-hydrogen) atoms. The Bertz CT molecular complexity index is 1270. The lowest BCUT2D eigenvalue weighted by atomic mass is 9.97. The minimum atomic E-state index is -0.225. The molecule has 2 heterocycles. The van der Waals surface area contributed by atoms with Crippen molar-refractivity contribution in [3.8, 4) is 11.5 Å². The number of carbonyl (C=O) groups excluding carboxylic acids is 1. The third kappa shape index (κ3) is 3.12. The number of hydrogen-bond acceptors (Lipinski definition) is 3. The van der Waals surface area contributed by atoms with Crippen LogP contribution in [-0.4, -0.2) is 24.2 Å². The SMILES string of the molecule is CCCOc1ccc(C2c3c(n(C)c4ccccc34)C(=O)N2c2ccc(OC)cc2)cc1. The highest BCUT2D eigenvalue weighted by atomic mass is 16.5. The normalized spacial score (nSPS) is 15.3. The molecule has 0 radical (unpaired) electrons. The third-order valence-electron chi connectivity index (χ3n) is 6.12. The second-order valence-electron chi connectivity index (χ2n) is 8.03. The van der Waals surface area contributed by atoms with Crippen LogP contribution in [0, 0.1) is 0 Å². The number of nitrogens with zero attached hydrogens (tertiary/aromatic N) is 2. The molecule has 0 aliphatic carbocycles. The first-order valence-electron chi connectivity index (χ1n) is 10.9. The molecule has 5 heteroatoms. The van der Waals surface area contributed by atoms with Crippen LogP contribution in [-0.2, 0) is 7.05 Å². The van der Waals surface area contributed by atoms with Crippen molar-refractivity contribution in [1.82, 2.24) is 4.57 Å². The zero-order chi connectivity index (χ0) is 22.2. The molecule has 0 spiro atoms. The molecule has 1 aliphatic heterocycles. The first kappa shape index (κ1) is 20.2. The summed E-state index contributed by atoms with van der Waals surface area (Å²) < 4.78 is 13.1. The number of anilines is 1. The molecule has 1 aromatic heterocycles. The summed E-state index contributed by atoms with van der Waals surface area (Å²) in [6, 6.07) is 23.8. The Morgan fingerprint density at radius 2 is 1.59 bits per heavy atom. The second-order valence-corrected chi connectivity index (χ2v) is 8.03. The smallest absolute Gasteiger partial charge is 0.276 e. The van der Waals surface area contributed by atoms with Gasteiger partial charge in [0.2, 0.25) is 0 Å². The van der Waals surface area contributed by atoms with Crippen molar-refractivity contribution in [2.24, 2.45) is 7.05 Å². The molecule has 3 aromatic carbocycles. The van der Waals surface area contributed by atoms with Gasteiger partial charge in [-0.05, 0) is 54.4 Å². The van der Waals surface area contributed by atoms with Gasteiger partial charge >= 0.3 is 0 Å². The molecule has 1 amide bonds. The number of amides is 1. The monoisotopic (exact) mass is 426 g/mol. The van der Waals surface area contributed by atoms with Crippen LogP contribution in [0.25, 0.3) is 10.9 Å². The van der Waals surface area contributed by atoms with Gasteiger partial charge in [0.1, 0.15) is 17.2 Å². The molecule has 4 aromatic rings. The lowest BCUT2D eigenvalue weighted by Gasteiger charge is -2.27. The first-order chi connectivity index (χ1) is 15.6. The molecule has 1 atom stereocenters. The molecule has 0 bridgehead atoms. The molecule has 1 aliphatic rings. The van der Waals surface area contributed by atoms with Crippen LogP contribution in [0.2, 0.25) is 0 Å². The molecule has 0 fully saturated rings. The summed E-state index contributed by atoms with van der Waals surface area (Å²) in [5, 5.41) is 1.10. The quantitative estimate of drug-likeness (QED) is 0.396. The van der Waals surface area contributed by atoms with Crippen LogP contribution in [0.4, 0.5) is 5.69 Å². The molecule has 0 N–H and O–H groups in total. The van der Waals surface area contributed by atoms with Gasteiger partial charge in [-0.25, -0.2) is 0 Å². The van der Waals surface area contributed by atoms with Crippen molar-refractivity contribution in [3.05, 3.63) is 89.6 Å². The van der Waals surface area contributed by atoms with Crippen LogP contribution < -0.4 is 14.4 Å². The maximum absolute atomic E-state index is 13.8. The van der Waals surface area contributed by atoms with Gasteiger partial charge in [0.15, 0.2) is 0 Å². The maximum Gasteiger partial charge on any atom is 0.276 e. The number of aromatic nitrogens is 1. The number of methoxy groups -OCH3 is 1. The van der Waals surface area contributed by atoms with E-state index in [0.717, 1.165) is 51.3 Å². The van der Waals surface area contributed by atoms with E-state index in [1.165, 1.54) is 0 Å². The van der Waals surface area contributed by atoms with Crippen molar-refractivity contribution < 1.29 is 14.3 Å². The third-order valence-corrected chi connectivity index (χ3v) is 6.12. The van der Waals surface area contributed by atoms with Crippen LogP contribution >= 0.6 is 0 Å². The van der Waals surface area contributed by atoms with Gasteiger partial charge in [-0.3, -0.25) is 9.69 Å². The van der Waals surface area contributed by atoms with Crippen LogP contribution in [0.1, 0.15) is 41.0 Å². The summed E-state index contributed by atoms with van der Waals surface area (Å²) in [6.45, 7) is 2.78. The lowest BCUT2D eigenvalue weighted by molar-refractivity contribution is 0.0986. The highest BCUT2D eigenvalue weighted by molar-refractivity contribution is 6.15. The van der Waals surface area contributed by atoms with E-state index in [-0.39, 0.29) is 11.9 Å². The van der Waals surface area contributed by atoms with E-state index < -0.39 is 0 Å². The Balaban J connectivity index is 1.67. The number of carbonyl (C=O) groups is 1. The van der Waals surface area contributed by atoms with Crippen molar-refractivity contribution >= 4 is 22.5 Å². The first-order valence-corrected chi connectivity index (χ1v) is 10.9. The molecule has 0 saturated heterocycles. The molecule has 1 unspecified atom stereocenters. The largest absolute Gasteiger partial charge is 0.497 e. The maximum atomic E-state index is 13.8. The van der Waals surface area contributed by atoms with Gasteiger partial charge in [0.25, 0.3) is 5.91 Å². The molecule has 5 nitrogen and oxygen atoms in total. The standard InChI is InChI=1S/C27H26N2O3/c1-4-17-32-21-13-9-18(10-14-21)25-24-22-7-5-6-8-23(22)28(2)26(24)27(30)29(25)19-11-15-20(31-3)16-12-19/h5-16,25H,4,17H2,1-3H3. The Kier molecular flexibility index (Phi) is 5.10. The average Bonchev–Trinajstić information content (AvgIpc) is 3.31. The van der Waals surface area contributed by atoms with E-state index in [1.807, 2.05) is 65.0 Å². The van der Waals surface area contributed by atoms with Gasteiger partial charge in [0.05, 0.1) is 19.8 Å². The average molecular weight is 427 g/mol. The van der Waals surface area contributed by atoms with Crippen molar-refractivity contribution in [1.29, 1.82) is 0 Å². The van der Waals surface area contributed by atoms with E-state index in [2.05, 4.69) is 31.2 Å². The van der Waals surface area contributed by atoms with Gasteiger partial charge in [-0.2, -0.15) is 0 Å². The molecule has 162 valence electrons. The summed E-state index contributed by atoms with van der Waals surface area (Å²) in [7, 11) is 3.61. The minimum Gasteiger partial charge on any atom is -0.497 e. The Hall–Kier alpha value is -3.73. The van der Waals surface area contributed by atoms with Gasteiger partial charge in [0, 0.05) is 29.2 Å². The Labute approximate surface area is 187 Å². The van der Waals surface area contributed by atoms with E-state index in [9.17, 15) is 4.79 Å². The topological polar surface area (TPSA) is 43.7 Å². The van der Waals surface area contributed by atoms with Crippen molar-refractivity contribution in [2.75, 3.05) is 18.6 Å². The molecule has 5 rings (SSSR count). The summed E-state index contributed by atoms with van der Waals surface area (Å²) in [6.07, 6.45) is 0.962. The van der Waals surface area contributed by atoms with Gasteiger partial charge in [-0.15, -0.1) is 0 Å². The molecule has 0 saturated carbocycles. The summed E-state index contributed by atoms with van der Waals surface area (Å²) in [5.41, 5.74) is 4.73. The zero-order valence-electron chi connectivity index (χ0n) is 18.5. The predicted octanol–water partition coefficient (Wildman–Crippen LogP) is 5.73. The number of hydrogen-bond donors (Lipinski definition) is 0. The highest BCUT2D eigenvalue weighted by Gasteiger charge is 2.42. The molecular weight excluding hydrogens is 400 g/mol. The number of fused-ring (bicyclic) bond motifs is 3. The summed E-state index contributed by atoms with van der Waals surface area (Å²) in [4.78, 5) is 15.7. The fourth-order valence-electron chi connectivity index (χ4n) is 4.61. The Morgan fingerprint density at radius 3 is 2.28 bits per heavy atom. The predicted molar refractivity (Wildman–Crippen MR) is 127 cm³/mol. The molecular formula is C27H26N2O3. The number of rotatable bonds is 6. The number of para-hydroxylation sites is 1. The van der Waals surface area contributed by atoms with Gasteiger partial charge in [-0.1, -0.05) is 37.3 Å². The Morgan fingerprint density at radius 1 is 0.906 bits per heavy atom. The zero-order valence-corrected chi connectivity index (χ0v) is 18.5. The van der Waals surface area contributed by atoms with Crippen LogP contribution in [0.3, 0.4) is 0 Å². The van der Waals surface area contributed by atoms with E-state index >= 15 is 0 Å². The van der Waals surface area contributed by atoms with Crippen LogP contribution in [0.5, 0.6) is 11.5 Å². The summed E-state index contributed by atoms with van der Waals surface area (Å²) >= 11 is 0. The highest BCUT2D eigenvalue weighted by Crippen LogP contribution is 2.46. The van der Waals surface area contributed by atoms with Gasteiger partial charge < -0.3 is 14.0 Å². The van der Waals surface area contributed by atoms with E-state index in [0.29, 0.717) is 6.61 Å². The van der Waals surface area contributed by atoms with E-state index in [1.54, 1.807) is 7.11 Å². The number of aryl methyl sites for hydroxylation is 1. The fourth-order valence-corrected chi connectivity index (χ4v) is 4.61. The lowest BCUT2D eigenvalue weighted by Crippen LogP contribution is -2.29. The minimum absolute atomic E-state index is 0.000163. The van der Waals surface area contributed by atoms with Crippen LogP contribution in [0.15, 0.2) is 72.8 Å².